The Bertz CT molecular complexity index is 899. The van der Waals surface area contributed by atoms with Crippen molar-refractivity contribution in [2.24, 2.45) is 0 Å². The summed E-state index contributed by atoms with van der Waals surface area (Å²) in [6.07, 6.45) is -0.168. The van der Waals surface area contributed by atoms with E-state index in [-0.39, 0.29) is 12.2 Å². The van der Waals surface area contributed by atoms with Gasteiger partial charge in [-0.2, -0.15) is 16.9 Å². The molecule has 8 heteroatoms. The average Bonchev–Trinajstić information content (AvgIpc) is 3.23. The van der Waals surface area contributed by atoms with Gasteiger partial charge in [0.05, 0.1) is 23.6 Å². The Morgan fingerprint density at radius 1 is 1.14 bits per heavy atom. The number of aromatic nitrogens is 2. The maximum Gasteiger partial charge on any atom is 0.315 e. The number of carbonyl (C=O) groups excluding carboxylic acids is 2. The standard InChI is InChI=1S/C20H24N4O3S/c1-12-4-6-15(7-5-12)24-18(16-10-28-11-17(16)22-24)21-19(25)20(26)23-8-13(2)27-14(3)9-23/h4-7,13-14H,8-11H2,1-3H3,(H,21,25)/t13-,14-/m1/s1. The minimum Gasteiger partial charge on any atom is -0.372 e. The van der Waals surface area contributed by atoms with Crippen molar-refractivity contribution < 1.29 is 14.3 Å². The first-order valence-corrected chi connectivity index (χ1v) is 10.6. The van der Waals surface area contributed by atoms with E-state index in [9.17, 15) is 9.59 Å². The van der Waals surface area contributed by atoms with Crippen LogP contribution in [-0.2, 0) is 25.8 Å². The van der Waals surface area contributed by atoms with Crippen LogP contribution in [0.3, 0.4) is 0 Å². The van der Waals surface area contributed by atoms with Crippen molar-refractivity contribution in [2.75, 3.05) is 18.4 Å². The fourth-order valence-electron chi connectivity index (χ4n) is 3.66. The predicted molar refractivity (Wildman–Crippen MR) is 109 cm³/mol. The first-order chi connectivity index (χ1) is 13.4. The van der Waals surface area contributed by atoms with Gasteiger partial charge in [-0.1, -0.05) is 17.7 Å². The third kappa shape index (κ3) is 3.66. The maximum atomic E-state index is 12.8. The molecule has 28 heavy (non-hydrogen) atoms. The Hall–Kier alpha value is -2.32. The lowest BCUT2D eigenvalue weighted by Crippen LogP contribution is -2.51. The Balaban J connectivity index is 1.59. The summed E-state index contributed by atoms with van der Waals surface area (Å²) in [5.74, 6) is 1.02. The van der Waals surface area contributed by atoms with Gasteiger partial charge in [0.2, 0.25) is 0 Å². The Labute approximate surface area is 168 Å². The van der Waals surface area contributed by atoms with Crippen molar-refractivity contribution in [2.45, 2.75) is 44.5 Å². The number of hydrogen-bond acceptors (Lipinski definition) is 5. The van der Waals surface area contributed by atoms with Gasteiger partial charge in [-0.15, -0.1) is 0 Å². The number of amides is 2. The molecule has 0 bridgehead atoms. The molecule has 2 aromatic rings. The molecule has 0 aliphatic carbocycles. The minimum atomic E-state index is -0.630. The van der Waals surface area contributed by atoms with Crippen molar-refractivity contribution in [3.8, 4) is 5.69 Å². The topological polar surface area (TPSA) is 76.5 Å². The summed E-state index contributed by atoms with van der Waals surface area (Å²) >= 11 is 1.76. The molecule has 3 heterocycles. The summed E-state index contributed by atoms with van der Waals surface area (Å²) < 4.78 is 7.39. The quantitative estimate of drug-likeness (QED) is 0.784. The van der Waals surface area contributed by atoms with Crippen molar-refractivity contribution in [1.82, 2.24) is 14.7 Å². The summed E-state index contributed by atoms with van der Waals surface area (Å²) in [6, 6.07) is 7.94. The number of aryl methyl sites for hydroxylation is 1. The molecule has 0 spiro atoms. The van der Waals surface area contributed by atoms with Gasteiger partial charge in [-0.25, -0.2) is 4.68 Å². The molecule has 0 unspecified atom stereocenters. The lowest BCUT2D eigenvalue weighted by Gasteiger charge is -2.34. The van der Waals surface area contributed by atoms with Gasteiger partial charge in [-0.3, -0.25) is 9.59 Å². The van der Waals surface area contributed by atoms with E-state index >= 15 is 0 Å². The van der Waals surface area contributed by atoms with Crippen LogP contribution in [0, 0.1) is 6.92 Å². The van der Waals surface area contributed by atoms with E-state index < -0.39 is 11.8 Å². The van der Waals surface area contributed by atoms with Gasteiger partial charge in [-0.05, 0) is 32.9 Å². The zero-order valence-electron chi connectivity index (χ0n) is 16.3. The van der Waals surface area contributed by atoms with E-state index in [2.05, 4.69) is 10.4 Å². The number of rotatable bonds is 2. The first-order valence-electron chi connectivity index (χ1n) is 9.43. The van der Waals surface area contributed by atoms with E-state index in [1.54, 1.807) is 21.3 Å². The molecule has 4 rings (SSSR count). The number of anilines is 1. The van der Waals surface area contributed by atoms with Crippen LogP contribution in [0.15, 0.2) is 24.3 Å². The number of ether oxygens (including phenoxy) is 1. The molecule has 1 aromatic heterocycles. The molecule has 0 saturated carbocycles. The molecule has 1 aromatic carbocycles. The number of hydrogen-bond donors (Lipinski definition) is 1. The Morgan fingerprint density at radius 3 is 2.50 bits per heavy atom. The molecule has 2 aliphatic heterocycles. The number of thioether (sulfide) groups is 1. The summed E-state index contributed by atoms with van der Waals surface area (Å²) in [7, 11) is 0. The lowest BCUT2D eigenvalue weighted by molar-refractivity contribution is -0.151. The molecule has 7 nitrogen and oxygen atoms in total. The highest BCUT2D eigenvalue weighted by Gasteiger charge is 2.32. The Kier molecular flexibility index (Phi) is 5.16. The highest BCUT2D eigenvalue weighted by molar-refractivity contribution is 7.98. The van der Waals surface area contributed by atoms with Crippen molar-refractivity contribution >= 4 is 29.4 Å². The largest absolute Gasteiger partial charge is 0.372 e. The maximum absolute atomic E-state index is 12.8. The number of benzene rings is 1. The fourth-order valence-corrected chi connectivity index (χ4v) is 4.70. The van der Waals surface area contributed by atoms with E-state index in [0.29, 0.717) is 18.9 Å². The van der Waals surface area contributed by atoms with Crippen molar-refractivity contribution in [3.05, 3.63) is 41.1 Å². The highest BCUT2D eigenvalue weighted by atomic mass is 32.2. The second-order valence-corrected chi connectivity index (χ2v) is 8.42. The summed E-state index contributed by atoms with van der Waals surface area (Å²) in [6.45, 7) is 6.67. The second-order valence-electron chi connectivity index (χ2n) is 7.44. The number of fused-ring (bicyclic) bond motifs is 1. The van der Waals surface area contributed by atoms with Crippen molar-refractivity contribution in [3.63, 3.8) is 0 Å². The van der Waals surface area contributed by atoms with Gasteiger partial charge in [0, 0.05) is 30.2 Å². The van der Waals surface area contributed by atoms with Crippen LogP contribution in [0.25, 0.3) is 5.69 Å². The molecule has 2 amide bonds. The number of nitrogens with zero attached hydrogens (tertiary/aromatic N) is 3. The van der Waals surface area contributed by atoms with E-state index in [1.807, 2.05) is 45.0 Å². The van der Waals surface area contributed by atoms with Crippen LogP contribution in [0.5, 0.6) is 0 Å². The van der Waals surface area contributed by atoms with Gasteiger partial charge in [0.1, 0.15) is 5.82 Å². The number of nitrogens with one attached hydrogen (secondary N) is 1. The van der Waals surface area contributed by atoms with Crippen LogP contribution in [0.4, 0.5) is 5.82 Å². The second kappa shape index (κ2) is 7.60. The molecule has 1 saturated heterocycles. The van der Waals surface area contributed by atoms with E-state index in [1.165, 1.54) is 0 Å². The minimum absolute atomic E-state index is 0.0840. The summed E-state index contributed by atoms with van der Waals surface area (Å²) in [4.78, 5) is 27.1. The fraction of sp³-hybridized carbons (Fsp3) is 0.450. The SMILES string of the molecule is Cc1ccc(-n2nc3c(c2NC(=O)C(=O)N2C[C@@H](C)O[C@H](C)C2)CSC3)cc1. The monoisotopic (exact) mass is 400 g/mol. The van der Waals surface area contributed by atoms with Gasteiger partial charge in [0.25, 0.3) is 0 Å². The number of morpholine rings is 1. The smallest absolute Gasteiger partial charge is 0.315 e. The molecule has 2 aliphatic rings. The van der Waals surface area contributed by atoms with Gasteiger partial charge >= 0.3 is 11.8 Å². The van der Waals surface area contributed by atoms with Crippen LogP contribution in [-0.4, -0.2) is 51.8 Å². The third-order valence-electron chi connectivity index (χ3n) is 4.96. The first kappa shape index (κ1) is 19.0. The van der Waals surface area contributed by atoms with Gasteiger partial charge in [0.15, 0.2) is 0 Å². The zero-order valence-corrected chi connectivity index (χ0v) is 17.1. The molecule has 1 fully saturated rings. The lowest BCUT2D eigenvalue weighted by atomic mass is 10.2. The Morgan fingerprint density at radius 2 is 1.82 bits per heavy atom. The summed E-state index contributed by atoms with van der Waals surface area (Å²) in [5, 5.41) is 7.52. The van der Waals surface area contributed by atoms with Crippen LogP contribution < -0.4 is 5.32 Å². The van der Waals surface area contributed by atoms with E-state index in [4.69, 9.17) is 4.74 Å². The number of carbonyl (C=O) groups is 2. The average molecular weight is 401 g/mol. The molecule has 2 atom stereocenters. The van der Waals surface area contributed by atoms with Crippen LogP contribution >= 0.6 is 11.8 Å². The third-order valence-corrected chi connectivity index (χ3v) is 5.93. The molecule has 148 valence electrons. The highest BCUT2D eigenvalue weighted by Crippen LogP contribution is 2.36. The molecular weight excluding hydrogens is 376 g/mol. The van der Waals surface area contributed by atoms with Crippen molar-refractivity contribution in [1.29, 1.82) is 0 Å². The normalized spacial score (nSPS) is 21.5. The molecular formula is C20H24N4O3S. The molecule has 1 N–H and O–H groups in total. The molecule has 0 radical (unpaired) electrons. The van der Waals surface area contributed by atoms with Crippen LogP contribution in [0.2, 0.25) is 0 Å². The summed E-state index contributed by atoms with van der Waals surface area (Å²) in [5.41, 5.74) is 3.97. The zero-order chi connectivity index (χ0) is 19.8. The predicted octanol–water partition coefficient (Wildman–Crippen LogP) is 2.50. The van der Waals surface area contributed by atoms with Gasteiger partial charge < -0.3 is 15.0 Å². The van der Waals surface area contributed by atoms with E-state index in [0.717, 1.165) is 34.0 Å². The van der Waals surface area contributed by atoms with Crippen LogP contribution in [0.1, 0.15) is 30.7 Å².